The summed E-state index contributed by atoms with van der Waals surface area (Å²) in [6.45, 7) is 7.84. The van der Waals surface area contributed by atoms with Gasteiger partial charge in [-0.15, -0.1) is 10.2 Å². The molecule has 0 aliphatic rings. The first-order valence-electron chi connectivity index (χ1n) is 9.30. The third kappa shape index (κ3) is 4.42. The van der Waals surface area contributed by atoms with E-state index in [4.69, 9.17) is 16.3 Å². The summed E-state index contributed by atoms with van der Waals surface area (Å²) in [6.07, 6.45) is 0.0797. The first-order valence-corrected chi connectivity index (χ1v) is 9.67. The Bertz CT molecular complexity index is 1050. The van der Waals surface area contributed by atoms with Crippen molar-refractivity contribution < 1.29 is 14.3 Å². The first-order chi connectivity index (χ1) is 13.7. The number of carbonyl (C=O) groups is 2. The average Bonchev–Trinajstić information content (AvgIpc) is 3.21. The number of fused-ring (bicyclic) bond motifs is 1. The number of H-pyrrole nitrogens is 1. The lowest BCUT2D eigenvalue weighted by atomic mass is 9.94. The molecule has 0 spiro atoms. The van der Waals surface area contributed by atoms with E-state index < -0.39 is 11.4 Å². The lowest BCUT2D eigenvalue weighted by Gasteiger charge is -2.21. The highest BCUT2D eigenvalue weighted by Gasteiger charge is 2.30. The molecule has 0 atom stereocenters. The van der Waals surface area contributed by atoms with Crippen molar-refractivity contribution in [3.63, 3.8) is 0 Å². The van der Waals surface area contributed by atoms with E-state index in [1.165, 1.54) is 0 Å². The number of aromatic nitrogens is 4. The van der Waals surface area contributed by atoms with Crippen LogP contribution in [0, 0.1) is 13.8 Å². The number of hydrogen-bond acceptors (Lipinski definition) is 5. The highest BCUT2D eigenvalue weighted by molar-refractivity contribution is 6.34. The molecule has 9 heteroatoms. The summed E-state index contributed by atoms with van der Waals surface area (Å²) in [6, 6.07) is 7.29. The number of aromatic amines is 1. The number of esters is 1. The minimum absolute atomic E-state index is 0.0797. The molecule has 2 N–H and O–H groups in total. The number of benzene rings is 1. The Morgan fingerprint density at radius 2 is 1.97 bits per heavy atom. The van der Waals surface area contributed by atoms with Crippen LogP contribution in [-0.4, -0.2) is 44.8 Å². The predicted octanol–water partition coefficient (Wildman–Crippen LogP) is 2.97. The van der Waals surface area contributed by atoms with Gasteiger partial charge < -0.3 is 10.1 Å². The second-order valence-corrected chi connectivity index (χ2v) is 7.98. The molecule has 154 valence electrons. The van der Waals surface area contributed by atoms with Gasteiger partial charge in [-0.2, -0.15) is 0 Å². The van der Waals surface area contributed by atoms with Crippen molar-refractivity contribution in [2.24, 2.45) is 0 Å². The fourth-order valence-corrected chi connectivity index (χ4v) is 3.12. The second-order valence-electron chi connectivity index (χ2n) is 7.60. The summed E-state index contributed by atoms with van der Waals surface area (Å²) >= 11 is 6.19. The van der Waals surface area contributed by atoms with Crippen molar-refractivity contribution in [3.8, 4) is 0 Å². The molecule has 0 fully saturated rings. The fraction of sp³-hybridized carbons (Fsp3) is 0.400. The molecule has 0 unspecified atom stereocenters. The summed E-state index contributed by atoms with van der Waals surface area (Å²) < 4.78 is 7.11. The Balaban J connectivity index is 1.52. The van der Waals surface area contributed by atoms with Gasteiger partial charge in [0.05, 0.1) is 17.5 Å². The van der Waals surface area contributed by atoms with E-state index in [1.54, 1.807) is 16.6 Å². The van der Waals surface area contributed by atoms with Crippen LogP contribution in [-0.2, 0) is 14.9 Å². The van der Waals surface area contributed by atoms with Crippen molar-refractivity contribution in [1.29, 1.82) is 0 Å². The first kappa shape index (κ1) is 20.9. The molecular formula is C20H24ClN5O3. The van der Waals surface area contributed by atoms with Crippen molar-refractivity contribution in [1.82, 2.24) is 25.1 Å². The molecule has 8 nitrogen and oxygen atoms in total. The Hall–Kier alpha value is -2.87. The summed E-state index contributed by atoms with van der Waals surface area (Å²) in [5.74, 6) is 0.00819. The third-order valence-electron chi connectivity index (χ3n) is 4.67. The molecular weight excluding hydrogens is 394 g/mol. The van der Waals surface area contributed by atoms with Crippen LogP contribution in [0.2, 0.25) is 5.02 Å². The molecule has 0 aliphatic carbocycles. The lowest BCUT2D eigenvalue weighted by Crippen LogP contribution is -2.31. The van der Waals surface area contributed by atoms with Gasteiger partial charge in [0.15, 0.2) is 11.5 Å². The molecule has 3 rings (SSSR count). The van der Waals surface area contributed by atoms with Crippen molar-refractivity contribution in [2.45, 2.75) is 39.5 Å². The maximum atomic E-state index is 12.2. The zero-order valence-corrected chi connectivity index (χ0v) is 17.6. The summed E-state index contributed by atoms with van der Waals surface area (Å²) in [7, 11) is 0. The van der Waals surface area contributed by atoms with Crippen LogP contribution >= 0.6 is 11.6 Å². The van der Waals surface area contributed by atoms with Crippen LogP contribution in [0.25, 0.3) is 5.65 Å². The van der Waals surface area contributed by atoms with Crippen molar-refractivity contribution >= 4 is 29.1 Å². The predicted molar refractivity (Wildman–Crippen MR) is 109 cm³/mol. The standard InChI is InChI=1S/C20H24ClN5O3/c1-12-7-5-6-8-14(12)18(28)22-10-9-15(27)29-11-20(3,4)19-24-23-17-16(21)13(2)25-26(17)19/h5-8,25H,9-11H2,1-4H3,(H,22,28). The maximum absolute atomic E-state index is 12.2. The molecule has 0 saturated carbocycles. The van der Waals surface area contributed by atoms with Crippen molar-refractivity contribution in [2.75, 3.05) is 13.2 Å². The maximum Gasteiger partial charge on any atom is 0.307 e. The number of halogens is 1. The monoisotopic (exact) mass is 417 g/mol. The van der Waals surface area contributed by atoms with E-state index in [0.29, 0.717) is 22.1 Å². The van der Waals surface area contributed by atoms with Crippen LogP contribution in [0.15, 0.2) is 24.3 Å². The van der Waals surface area contributed by atoms with E-state index in [0.717, 1.165) is 11.3 Å². The van der Waals surface area contributed by atoms with Gasteiger partial charge in [-0.25, -0.2) is 4.52 Å². The number of aryl methyl sites for hydroxylation is 2. The van der Waals surface area contributed by atoms with Crippen LogP contribution in [0.3, 0.4) is 0 Å². The van der Waals surface area contributed by atoms with Crippen LogP contribution in [0.1, 0.15) is 47.7 Å². The van der Waals surface area contributed by atoms with Crippen LogP contribution in [0.4, 0.5) is 0 Å². The molecule has 2 aromatic heterocycles. The van der Waals surface area contributed by atoms with E-state index in [2.05, 4.69) is 20.6 Å². The van der Waals surface area contributed by atoms with Gasteiger partial charge in [-0.1, -0.05) is 29.8 Å². The SMILES string of the molecule is Cc1ccccc1C(=O)NCCC(=O)OCC(C)(C)c1nnc2c(Cl)c(C)[nH]n12. The van der Waals surface area contributed by atoms with E-state index >= 15 is 0 Å². The second kappa shape index (κ2) is 8.24. The molecule has 0 bridgehead atoms. The number of ether oxygens (including phenoxy) is 1. The molecule has 29 heavy (non-hydrogen) atoms. The van der Waals surface area contributed by atoms with Gasteiger partial charge in [-0.05, 0) is 39.3 Å². The molecule has 3 aromatic rings. The van der Waals surface area contributed by atoms with Crippen LogP contribution < -0.4 is 5.32 Å². The van der Waals surface area contributed by atoms with Crippen LogP contribution in [0.5, 0.6) is 0 Å². The minimum atomic E-state index is -0.583. The molecule has 1 amide bonds. The summed E-state index contributed by atoms with van der Waals surface area (Å²) in [4.78, 5) is 24.3. The molecule has 0 radical (unpaired) electrons. The topological polar surface area (TPSA) is 101 Å². The van der Waals surface area contributed by atoms with Crippen molar-refractivity contribution in [3.05, 3.63) is 51.9 Å². The highest BCUT2D eigenvalue weighted by atomic mass is 35.5. The molecule has 2 heterocycles. The van der Waals surface area contributed by atoms with E-state index in [9.17, 15) is 9.59 Å². The lowest BCUT2D eigenvalue weighted by molar-refractivity contribution is -0.145. The van der Waals surface area contributed by atoms with Gasteiger partial charge >= 0.3 is 5.97 Å². The number of hydrogen-bond donors (Lipinski definition) is 2. The summed E-state index contributed by atoms with van der Waals surface area (Å²) in [5.41, 5.74) is 2.22. The Labute approximate surface area is 173 Å². The number of carbonyl (C=O) groups excluding carboxylic acids is 2. The van der Waals surface area contributed by atoms with E-state index in [1.807, 2.05) is 39.8 Å². The zero-order chi connectivity index (χ0) is 21.2. The molecule has 0 aliphatic heterocycles. The van der Waals surface area contributed by atoms with Gasteiger partial charge in [0.2, 0.25) is 0 Å². The number of nitrogens with zero attached hydrogens (tertiary/aromatic N) is 3. The summed E-state index contributed by atoms with van der Waals surface area (Å²) in [5, 5.41) is 14.6. The number of amides is 1. The van der Waals surface area contributed by atoms with E-state index in [-0.39, 0.29) is 25.5 Å². The normalized spacial score (nSPS) is 11.6. The number of rotatable bonds is 7. The third-order valence-corrected chi connectivity index (χ3v) is 5.12. The van der Waals surface area contributed by atoms with Gasteiger partial charge in [-0.3, -0.25) is 14.7 Å². The average molecular weight is 418 g/mol. The smallest absolute Gasteiger partial charge is 0.307 e. The van der Waals surface area contributed by atoms with Gasteiger partial charge in [0.1, 0.15) is 11.6 Å². The number of nitrogens with one attached hydrogen (secondary N) is 2. The Morgan fingerprint density at radius 1 is 1.24 bits per heavy atom. The largest absolute Gasteiger partial charge is 0.465 e. The highest BCUT2D eigenvalue weighted by Crippen LogP contribution is 2.26. The van der Waals surface area contributed by atoms with Gasteiger partial charge in [0.25, 0.3) is 5.91 Å². The van der Waals surface area contributed by atoms with Gasteiger partial charge in [0, 0.05) is 12.1 Å². The quantitative estimate of drug-likeness (QED) is 0.575. The molecule has 0 saturated heterocycles. The zero-order valence-electron chi connectivity index (χ0n) is 16.9. The fourth-order valence-electron chi connectivity index (χ4n) is 2.95. The Morgan fingerprint density at radius 3 is 2.69 bits per heavy atom. The molecule has 1 aromatic carbocycles. The minimum Gasteiger partial charge on any atom is -0.465 e. The Kier molecular flexibility index (Phi) is 5.93.